The second kappa shape index (κ2) is 8.97. The Morgan fingerprint density at radius 2 is 2.21 bits per heavy atom. The van der Waals surface area contributed by atoms with Gasteiger partial charge in [0.1, 0.15) is 0 Å². The van der Waals surface area contributed by atoms with Crippen LogP contribution in [0.5, 0.6) is 0 Å². The summed E-state index contributed by atoms with van der Waals surface area (Å²) in [5.74, 6) is 0.148. The topological polar surface area (TPSA) is 41.6 Å². The van der Waals surface area contributed by atoms with Crippen molar-refractivity contribution in [2.75, 3.05) is 40.4 Å². The third-order valence-corrected chi connectivity index (χ3v) is 2.03. The van der Waals surface area contributed by atoms with E-state index >= 15 is 0 Å². The number of methoxy groups -OCH3 is 1. The van der Waals surface area contributed by atoms with Crippen LogP contribution >= 0.6 is 0 Å². The Morgan fingerprint density at radius 1 is 1.50 bits per heavy atom. The molecule has 4 nitrogen and oxygen atoms in total. The highest BCUT2D eigenvalue weighted by Gasteiger charge is 2.06. The zero-order valence-corrected chi connectivity index (χ0v) is 9.51. The van der Waals surface area contributed by atoms with Gasteiger partial charge < -0.3 is 15.0 Å². The molecule has 0 aliphatic carbocycles. The molecule has 0 spiro atoms. The second-order valence-corrected chi connectivity index (χ2v) is 3.34. The Labute approximate surface area is 86.6 Å². The Kier molecular flexibility index (Phi) is 8.57. The van der Waals surface area contributed by atoms with Gasteiger partial charge in [0.05, 0.1) is 13.2 Å². The third kappa shape index (κ3) is 6.86. The summed E-state index contributed by atoms with van der Waals surface area (Å²) in [5, 5.41) is 3.03. The number of nitrogens with one attached hydrogen (secondary N) is 1. The van der Waals surface area contributed by atoms with E-state index in [2.05, 4.69) is 12.2 Å². The van der Waals surface area contributed by atoms with Crippen LogP contribution in [0, 0.1) is 0 Å². The van der Waals surface area contributed by atoms with Gasteiger partial charge in [-0.3, -0.25) is 4.79 Å². The Bertz CT molecular complexity index is 151. The summed E-state index contributed by atoms with van der Waals surface area (Å²) in [6.07, 6.45) is 2.19. The van der Waals surface area contributed by atoms with Crippen LogP contribution in [-0.4, -0.2) is 51.2 Å². The van der Waals surface area contributed by atoms with E-state index in [4.69, 9.17) is 4.74 Å². The molecule has 0 aliphatic rings. The first-order valence-corrected chi connectivity index (χ1v) is 5.16. The molecule has 0 unspecified atom stereocenters. The fourth-order valence-electron chi connectivity index (χ4n) is 1.02. The van der Waals surface area contributed by atoms with Crippen molar-refractivity contribution in [1.82, 2.24) is 10.2 Å². The lowest BCUT2D eigenvalue weighted by Crippen LogP contribution is -2.37. The molecule has 0 bridgehead atoms. The summed E-state index contributed by atoms with van der Waals surface area (Å²) in [6, 6.07) is 0. The fraction of sp³-hybridized carbons (Fsp3) is 0.900. The molecule has 1 amide bonds. The van der Waals surface area contributed by atoms with Crippen LogP contribution < -0.4 is 5.32 Å². The van der Waals surface area contributed by atoms with Crippen molar-refractivity contribution in [2.45, 2.75) is 19.8 Å². The lowest BCUT2D eigenvalue weighted by Gasteiger charge is -2.16. The van der Waals surface area contributed by atoms with Crippen molar-refractivity contribution in [3.05, 3.63) is 0 Å². The van der Waals surface area contributed by atoms with Gasteiger partial charge in [-0.15, -0.1) is 0 Å². The molecule has 84 valence electrons. The standard InChI is InChI=1S/C10H22N2O2/c1-4-5-7-12(2)10(13)9-11-6-8-14-3/h11H,4-9H2,1-3H3. The highest BCUT2D eigenvalue weighted by atomic mass is 16.5. The van der Waals surface area contributed by atoms with Crippen molar-refractivity contribution in [3.8, 4) is 0 Å². The average molecular weight is 202 g/mol. The molecule has 0 radical (unpaired) electrons. The maximum Gasteiger partial charge on any atom is 0.236 e. The van der Waals surface area contributed by atoms with Crippen LogP contribution in [0.4, 0.5) is 0 Å². The number of amides is 1. The van der Waals surface area contributed by atoms with Crippen LogP contribution in [0.25, 0.3) is 0 Å². The molecule has 0 saturated carbocycles. The van der Waals surface area contributed by atoms with Gasteiger partial charge in [-0.05, 0) is 6.42 Å². The first kappa shape index (κ1) is 13.4. The maximum absolute atomic E-state index is 11.4. The third-order valence-electron chi connectivity index (χ3n) is 2.03. The number of carbonyl (C=O) groups is 1. The summed E-state index contributed by atoms with van der Waals surface area (Å²) in [5.41, 5.74) is 0. The molecule has 0 saturated heterocycles. The predicted octanol–water partition coefficient (Wildman–Crippen LogP) is 0.481. The van der Waals surface area contributed by atoms with E-state index < -0.39 is 0 Å². The van der Waals surface area contributed by atoms with Gasteiger partial charge in [0.15, 0.2) is 0 Å². The van der Waals surface area contributed by atoms with Crippen LogP contribution in [0.1, 0.15) is 19.8 Å². The molecule has 4 heteroatoms. The van der Waals surface area contributed by atoms with E-state index in [1.165, 1.54) is 0 Å². The molecular formula is C10H22N2O2. The Morgan fingerprint density at radius 3 is 2.79 bits per heavy atom. The largest absolute Gasteiger partial charge is 0.383 e. The highest BCUT2D eigenvalue weighted by Crippen LogP contribution is 1.91. The van der Waals surface area contributed by atoms with E-state index in [9.17, 15) is 4.79 Å². The lowest BCUT2D eigenvalue weighted by molar-refractivity contribution is -0.129. The number of nitrogens with zero attached hydrogens (tertiary/aromatic N) is 1. The summed E-state index contributed by atoms with van der Waals surface area (Å²) < 4.78 is 4.86. The van der Waals surface area contributed by atoms with Crippen LogP contribution in [0.15, 0.2) is 0 Å². The smallest absolute Gasteiger partial charge is 0.236 e. The van der Waals surface area contributed by atoms with Crippen LogP contribution in [-0.2, 0) is 9.53 Å². The number of carbonyl (C=O) groups excluding carboxylic acids is 1. The van der Waals surface area contributed by atoms with Crippen LogP contribution in [0.3, 0.4) is 0 Å². The van der Waals surface area contributed by atoms with E-state index in [-0.39, 0.29) is 5.91 Å². The summed E-state index contributed by atoms with van der Waals surface area (Å²) in [7, 11) is 3.49. The van der Waals surface area contributed by atoms with Gasteiger partial charge >= 0.3 is 0 Å². The zero-order chi connectivity index (χ0) is 10.8. The first-order valence-electron chi connectivity index (χ1n) is 5.16. The fourth-order valence-corrected chi connectivity index (χ4v) is 1.02. The first-order chi connectivity index (χ1) is 6.72. The van der Waals surface area contributed by atoms with Crippen molar-refractivity contribution in [1.29, 1.82) is 0 Å². The molecule has 14 heavy (non-hydrogen) atoms. The molecule has 0 atom stereocenters. The van der Waals surface area contributed by atoms with E-state index in [1.54, 1.807) is 12.0 Å². The summed E-state index contributed by atoms with van der Waals surface area (Å²) in [4.78, 5) is 13.2. The second-order valence-electron chi connectivity index (χ2n) is 3.34. The average Bonchev–Trinajstić information content (AvgIpc) is 2.20. The molecule has 0 rings (SSSR count). The number of hydrogen-bond acceptors (Lipinski definition) is 3. The minimum absolute atomic E-state index is 0.148. The molecule has 0 aliphatic heterocycles. The van der Waals surface area contributed by atoms with Gasteiger partial charge in [-0.25, -0.2) is 0 Å². The van der Waals surface area contributed by atoms with Crippen molar-refractivity contribution >= 4 is 5.91 Å². The predicted molar refractivity (Wildman–Crippen MR) is 57.3 cm³/mol. The van der Waals surface area contributed by atoms with E-state index in [0.29, 0.717) is 13.2 Å². The SMILES string of the molecule is CCCCN(C)C(=O)CNCCOC. The lowest BCUT2D eigenvalue weighted by atomic mass is 10.3. The molecule has 0 aromatic heterocycles. The summed E-state index contributed by atoms with van der Waals surface area (Å²) in [6.45, 7) is 4.75. The van der Waals surface area contributed by atoms with E-state index in [1.807, 2.05) is 7.05 Å². The van der Waals surface area contributed by atoms with Gasteiger partial charge in [0.25, 0.3) is 0 Å². The van der Waals surface area contributed by atoms with Crippen molar-refractivity contribution in [3.63, 3.8) is 0 Å². The normalized spacial score (nSPS) is 10.2. The maximum atomic E-state index is 11.4. The molecule has 0 aromatic carbocycles. The van der Waals surface area contributed by atoms with E-state index in [0.717, 1.165) is 25.9 Å². The number of unbranched alkanes of at least 4 members (excludes halogenated alkanes) is 1. The molecular weight excluding hydrogens is 180 g/mol. The molecule has 1 N–H and O–H groups in total. The summed E-state index contributed by atoms with van der Waals surface area (Å²) >= 11 is 0. The number of likely N-dealkylation sites (N-methyl/N-ethyl adjacent to an activating group) is 1. The van der Waals surface area contributed by atoms with Crippen molar-refractivity contribution < 1.29 is 9.53 Å². The molecule has 0 fully saturated rings. The highest BCUT2D eigenvalue weighted by molar-refractivity contribution is 5.77. The van der Waals surface area contributed by atoms with Crippen LogP contribution in [0.2, 0.25) is 0 Å². The number of rotatable bonds is 8. The van der Waals surface area contributed by atoms with Gasteiger partial charge in [-0.1, -0.05) is 13.3 Å². The van der Waals surface area contributed by atoms with Gasteiger partial charge in [0.2, 0.25) is 5.91 Å². The minimum Gasteiger partial charge on any atom is -0.383 e. The van der Waals surface area contributed by atoms with Gasteiger partial charge in [-0.2, -0.15) is 0 Å². The number of ether oxygens (including phenoxy) is 1. The van der Waals surface area contributed by atoms with Gasteiger partial charge in [0, 0.05) is 27.2 Å². The Hall–Kier alpha value is -0.610. The monoisotopic (exact) mass is 202 g/mol. The molecule has 0 heterocycles. The number of hydrogen-bond donors (Lipinski definition) is 1. The quantitative estimate of drug-likeness (QED) is 0.582. The van der Waals surface area contributed by atoms with Crippen molar-refractivity contribution in [2.24, 2.45) is 0 Å². The Balaban J connectivity index is 3.42. The molecule has 0 aromatic rings. The minimum atomic E-state index is 0.148. The zero-order valence-electron chi connectivity index (χ0n) is 9.51.